The monoisotopic (exact) mass is 233 g/mol. The Balaban J connectivity index is 1.75. The highest BCUT2D eigenvalue weighted by atomic mass is 16.3. The van der Waals surface area contributed by atoms with E-state index in [0.29, 0.717) is 6.04 Å². The number of hydrogen-bond donors (Lipinski definition) is 1. The largest absolute Gasteiger partial charge is 0.464 e. The van der Waals surface area contributed by atoms with Gasteiger partial charge in [-0.05, 0) is 49.3 Å². The molecule has 3 atom stereocenters. The van der Waals surface area contributed by atoms with Crippen LogP contribution in [0.25, 0.3) is 0 Å². The van der Waals surface area contributed by atoms with E-state index < -0.39 is 0 Å². The fourth-order valence-corrected chi connectivity index (χ4v) is 3.77. The van der Waals surface area contributed by atoms with Crippen molar-refractivity contribution in [2.24, 2.45) is 17.8 Å². The number of hydrogen-bond acceptors (Lipinski definition) is 2. The SMILES string of the molecule is CCNC(c1ccc(CC)o1)C1C2CCCC21. The summed E-state index contributed by atoms with van der Waals surface area (Å²) in [6.45, 7) is 5.37. The predicted octanol–water partition coefficient (Wildman–Crippen LogP) is 3.54. The normalized spacial score (nSPS) is 32.5. The lowest BCUT2D eigenvalue weighted by atomic mass is 10.0. The average Bonchev–Trinajstić information content (AvgIpc) is 2.79. The van der Waals surface area contributed by atoms with Crippen molar-refractivity contribution in [1.82, 2.24) is 5.32 Å². The van der Waals surface area contributed by atoms with Gasteiger partial charge >= 0.3 is 0 Å². The maximum atomic E-state index is 5.95. The third-order valence-corrected chi connectivity index (χ3v) is 4.62. The molecule has 17 heavy (non-hydrogen) atoms. The first kappa shape index (κ1) is 11.3. The molecule has 0 radical (unpaired) electrons. The Morgan fingerprint density at radius 3 is 2.65 bits per heavy atom. The quantitative estimate of drug-likeness (QED) is 0.841. The Kier molecular flexibility index (Phi) is 2.99. The van der Waals surface area contributed by atoms with Crippen LogP contribution in [0.15, 0.2) is 16.5 Å². The Bertz CT molecular complexity index is 374. The average molecular weight is 233 g/mol. The molecule has 2 nitrogen and oxygen atoms in total. The summed E-state index contributed by atoms with van der Waals surface area (Å²) in [5.74, 6) is 5.10. The first-order valence-electron chi connectivity index (χ1n) is 7.17. The van der Waals surface area contributed by atoms with Gasteiger partial charge in [-0.1, -0.05) is 20.3 Å². The van der Waals surface area contributed by atoms with E-state index in [2.05, 4.69) is 31.3 Å². The topological polar surface area (TPSA) is 25.2 Å². The molecule has 0 spiro atoms. The van der Waals surface area contributed by atoms with Crippen LogP contribution in [-0.2, 0) is 6.42 Å². The van der Waals surface area contributed by atoms with Crippen LogP contribution < -0.4 is 5.32 Å². The summed E-state index contributed by atoms with van der Waals surface area (Å²) in [6, 6.07) is 4.79. The Hall–Kier alpha value is -0.760. The highest BCUT2D eigenvalue weighted by Crippen LogP contribution is 2.62. The first-order valence-corrected chi connectivity index (χ1v) is 7.17. The van der Waals surface area contributed by atoms with Gasteiger partial charge in [0.2, 0.25) is 0 Å². The van der Waals surface area contributed by atoms with E-state index in [1.54, 1.807) is 0 Å². The maximum Gasteiger partial charge on any atom is 0.121 e. The molecule has 0 bridgehead atoms. The fourth-order valence-electron chi connectivity index (χ4n) is 3.77. The van der Waals surface area contributed by atoms with Crippen LogP contribution in [0.1, 0.15) is 50.7 Å². The zero-order valence-electron chi connectivity index (χ0n) is 10.9. The zero-order chi connectivity index (χ0) is 11.8. The number of furan rings is 1. The van der Waals surface area contributed by atoms with E-state index in [4.69, 9.17) is 4.42 Å². The van der Waals surface area contributed by atoms with E-state index in [0.717, 1.165) is 36.5 Å². The maximum absolute atomic E-state index is 5.95. The minimum atomic E-state index is 0.468. The van der Waals surface area contributed by atoms with Gasteiger partial charge in [0.25, 0.3) is 0 Å². The third-order valence-electron chi connectivity index (χ3n) is 4.62. The van der Waals surface area contributed by atoms with Crippen LogP contribution in [0.3, 0.4) is 0 Å². The van der Waals surface area contributed by atoms with Crippen molar-refractivity contribution in [2.45, 2.75) is 45.6 Å². The van der Waals surface area contributed by atoms with Crippen LogP contribution >= 0.6 is 0 Å². The molecule has 0 aliphatic heterocycles. The molecular formula is C15H23NO. The summed E-state index contributed by atoms with van der Waals surface area (Å²) in [6.07, 6.45) is 5.33. The van der Waals surface area contributed by atoms with Gasteiger partial charge in [0, 0.05) is 6.42 Å². The smallest absolute Gasteiger partial charge is 0.121 e. The second-order valence-corrected chi connectivity index (χ2v) is 5.53. The van der Waals surface area contributed by atoms with Gasteiger partial charge in [0.1, 0.15) is 11.5 Å². The van der Waals surface area contributed by atoms with Gasteiger partial charge in [0.15, 0.2) is 0 Å². The summed E-state index contributed by atoms with van der Waals surface area (Å²) in [5, 5.41) is 3.63. The molecule has 3 rings (SSSR count). The fraction of sp³-hybridized carbons (Fsp3) is 0.733. The standard InChI is InChI=1S/C15H23NO/c1-3-10-8-9-13(17-10)15(16-4-2)14-11-6-5-7-12(11)14/h8-9,11-12,14-16H,3-7H2,1-2H3. The van der Waals surface area contributed by atoms with Gasteiger partial charge in [-0.25, -0.2) is 0 Å². The Morgan fingerprint density at radius 1 is 1.29 bits per heavy atom. The molecular weight excluding hydrogens is 210 g/mol. The molecule has 94 valence electrons. The zero-order valence-corrected chi connectivity index (χ0v) is 10.9. The molecule has 1 aromatic heterocycles. The molecule has 0 aromatic carbocycles. The van der Waals surface area contributed by atoms with Crippen LogP contribution in [0, 0.1) is 17.8 Å². The van der Waals surface area contributed by atoms with Crippen molar-refractivity contribution in [2.75, 3.05) is 6.54 Å². The van der Waals surface area contributed by atoms with Crippen molar-refractivity contribution in [3.05, 3.63) is 23.7 Å². The van der Waals surface area contributed by atoms with E-state index in [1.807, 2.05) is 0 Å². The van der Waals surface area contributed by atoms with Crippen molar-refractivity contribution < 1.29 is 4.42 Å². The molecule has 0 saturated heterocycles. The van der Waals surface area contributed by atoms with E-state index in [-0.39, 0.29) is 0 Å². The molecule has 1 N–H and O–H groups in total. The summed E-state index contributed by atoms with van der Waals surface area (Å²) >= 11 is 0. The number of aryl methyl sites for hydroxylation is 1. The lowest BCUT2D eigenvalue weighted by Gasteiger charge is -2.17. The van der Waals surface area contributed by atoms with Crippen molar-refractivity contribution in [3.63, 3.8) is 0 Å². The number of rotatable bonds is 5. The van der Waals surface area contributed by atoms with E-state index in [9.17, 15) is 0 Å². The van der Waals surface area contributed by atoms with Gasteiger partial charge in [0.05, 0.1) is 6.04 Å². The number of fused-ring (bicyclic) bond motifs is 1. The minimum absolute atomic E-state index is 0.468. The molecule has 0 amide bonds. The van der Waals surface area contributed by atoms with Crippen molar-refractivity contribution in [3.8, 4) is 0 Å². The highest BCUT2D eigenvalue weighted by molar-refractivity contribution is 5.17. The summed E-state index contributed by atoms with van der Waals surface area (Å²) < 4.78 is 5.95. The van der Waals surface area contributed by atoms with Gasteiger partial charge in [-0.15, -0.1) is 0 Å². The molecule has 1 heterocycles. The van der Waals surface area contributed by atoms with Crippen LogP contribution in [-0.4, -0.2) is 6.54 Å². The van der Waals surface area contributed by atoms with Crippen molar-refractivity contribution in [1.29, 1.82) is 0 Å². The minimum Gasteiger partial charge on any atom is -0.464 e. The lowest BCUT2D eigenvalue weighted by molar-refractivity contribution is 0.344. The Morgan fingerprint density at radius 2 is 2.06 bits per heavy atom. The summed E-state index contributed by atoms with van der Waals surface area (Å²) in [4.78, 5) is 0. The summed E-state index contributed by atoms with van der Waals surface area (Å²) in [5.41, 5.74) is 0. The highest BCUT2D eigenvalue weighted by Gasteiger charge is 2.56. The molecule has 3 unspecified atom stereocenters. The lowest BCUT2D eigenvalue weighted by Crippen LogP contribution is -2.24. The second-order valence-electron chi connectivity index (χ2n) is 5.53. The van der Waals surface area contributed by atoms with E-state index >= 15 is 0 Å². The predicted molar refractivity (Wildman–Crippen MR) is 68.8 cm³/mol. The molecule has 1 aromatic rings. The molecule has 2 saturated carbocycles. The van der Waals surface area contributed by atoms with Crippen LogP contribution in [0.4, 0.5) is 0 Å². The van der Waals surface area contributed by atoms with E-state index in [1.165, 1.54) is 25.0 Å². The third kappa shape index (κ3) is 1.93. The van der Waals surface area contributed by atoms with Crippen LogP contribution in [0.2, 0.25) is 0 Å². The van der Waals surface area contributed by atoms with Gasteiger partial charge in [-0.2, -0.15) is 0 Å². The number of nitrogens with one attached hydrogen (secondary N) is 1. The molecule has 2 fully saturated rings. The first-order chi connectivity index (χ1) is 8.35. The van der Waals surface area contributed by atoms with Crippen LogP contribution in [0.5, 0.6) is 0 Å². The summed E-state index contributed by atoms with van der Waals surface area (Å²) in [7, 11) is 0. The molecule has 2 aliphatic carbocycles. The Labute approximate surface area is 104 Å². The van der Waals surface area contributed by atoms with Gasteiger partial charge in [-0.3, -0.25) is 0 Å². The van der Waals surface area contributed by atoms with Crippen molar-refractivity contribution >= 4 is 0 Å². The van der Waals surface area contributed by atoms with Gasteiger partial charge < -0.3 is 9.73 Å². The molecule has 2 aliphatic rings. The second kappa shape index (κ2) is 4.49. The molecule has 2 heteroatoms.